The first-order valence-corrected chi connectivity index (χ1v) is 8.41. The van der Waals surface area contributed by atoms with E-state index in [4.69, 9.17) is 9.47 Å². The first kappa shape index (κ1) is 14.7. The highest BCUT2D eigenvalue weighted by Crippen LogP contribution is 2.32. The minimum absolute atomic E-state index is 0.379. The molecular weight excluding hydrogens is 262 g/mol. The van der Waals surface area contributed by atoms with E-state index in [1.54, 1.807) is 7.11 Å². The average Bonchev–Trinajstić information content (AvgIpc) is 3.02. The van der Waals surface area contributed by atoms with Gasteiger partial charge in [-0.3, -0.25) is 4.90 Å². The van der Waals surface area contributed by atoms with Crippen LogP contribution in [0.3, 0.4) is 0 Å². The van der Waals surface area contributed by atoms with Crippen LogP contribution in [0, 0.1) is 0 Å². The highest BCUT2D eigenvalue weighted by atomic mass is 16.5. The van der Waals surface area contributed by atoms with Gasteiger partial charge in [-0.25, -0.2) is 0 Å². The number of piperidine rings is 1. The summed E-state index contributed by atoms with van der Waals surface area (Å²) in [5.41, 5.74) is 1.34. The third-order valence-corrected chi connectivity index (χ3v) is 4.68. The van der Waals surface area contributed by atoms with Crippen molar-refractivity contribution in [3.63, 3.8) is 0 Å². The lowest BCUT2D eigenvalue weighted by Gasteiger charge is -2.26. The van der Waals surface area contributed by atoms with Crippen LogP contribution in [-0.2, 0) is 6.54 Å². The van der Waals surface area contributed by atoms with Gasteiger partial charge in [0.2, 0.25) is 0 Å². The Kier molecular flexibility index (Phi) is 5.02. The quantitative estimate of drug-likeness (QED) is 0.817. The van der Waals surface area contributed by atoms with Gasteiger partial charge in [-0.05, 0) is 69.3 Å². The zero-order valence-electron chi connectivity index (χ0n) is 13.1. The molecule has 1 saturated heterocycles. The zero-order valence-corrected chi connectivity index (χ0v) is 13.1. The van der Waals surface area contributed by atoms with Crippen molar-refractivity contribution in [3.05, 3.63) is 23.8 Å². The maximum atomic E-state index is 6.18. The topological polar surface area (TPSA) is 21.7 Å². The van der Waals surface area contributed by atoms with Gasteiger partial charge < -0.3 is 9.47 Å². The summed E-state index contributed by atoms with van der Waals surface area (Å²) in [6.45, 7) is 3.49. The maximum absolute atomic E-state index is 6.18. The van der Waals surface area contributed by atoms with Crippen LogP contribution >= 0.6 is 0 Å². The van der Waals surface area contributed by atoms with Gasteiger partial charge in [0.25, 0.3) is 0 Å². The molecule has 0 spiro atoms. The predicted octanol–water partition coefficient (Wildman–Crippen LogP) is 4.00. The molecule has 1 saturated carbocycles. The normalized spacial score (nSPS) is 20.6. The molecule has 0 atom stereocenters. The van der Waals surface area contributed by atoms with Gasteiger partial charge in [-0.1, -0.05) is 12.5 Å². The van der Waals surface area contributed by atoms with Crippen molar-refractivity contribution in [1.82, 2.24) is 4.90 Å². The van der Waals surface area contributed by atoms with Gasteiger partial charge >= 0.3 is 0 Å². The third kappa shape index (κ3) is 3.91. The van der Waals surface area contributed by atoms with Crippen LogP contribution in [0.2, 0.25) is 0 Å². The van der Waals surface area contributed by atoms with E-state index in [1.807, 2.05) is 0 Å². The summed E-state index contributed by atoms with van der Waals surface area (Å²) < 4.78 is 11.6. The van der Waals surface area contributed by atoms with Crippen LogP contribution in [0.5, 0.6) is 11.5 Å². The number of ether oxygens (including phenoxy) is 2. The van der Waals surface area contributed by atoms with E-state index in [9.17, 15) is 0 Å². The number of nitrogens with zero attached hydrogens (tertiary/aromatic N) is 1. The predicted molar refractivity (Wildman–Crippen MR) is 85.0 cm³/mol. The summed E-state index contributed by atoms with van der Waals surface area (Å²) in [5, 5.41) is 0. The summed E-state index contributed by atoms with van der Waals surface area (Å²) in [6.07, 6.45) is 9.38. The molecule has 116 valence electrons. The lowest BCUT2D eigenvalue weighted by molar-refractivity contribution is 0.198. The Morgan fingerprint density at radius 2 is 1.76 bits per heavy atom. The first-order chi connectivity index (χ1) is 10.3. The Hall–Kier alpha value is -1.22. The molecule has 3 nitrogen and oxygen atoms in total. The Labute approximate surface area is 128 Å². The standard InChI is InChI=1S/C18H27NO2/c1-20-17-10-9-15(14-19-11-5-2-6-12-19)13-18(17)21-16-7-3-4-8-16/h9-10,13,16H,2-8,11-12,14H2,1H3. The van der Waals surface area contributed by atoms with Gasteiger partial charge in [0.05, 0.1) is 13.2 Å². The van der Waals surface area contributed by atoms with Crippen molar-refractivity contribution in [2.75, 3.05) is 20.2 Å². The summed E-state index contributed by atoms with van der Waals surface area (Å²) in [7, 11) is 1.72. The van der Waals surface area contributed by atoms with Crippen LogP contribution in [0.25, 0.3) is 0 Å². The fraction of sp³-hybridized carbons (Fsp3) is 0.667. The summed E-state index contributed by atoms with van der Waals surface area (Å²) in [4.78, 5) is 2.55. The molecule has 2 fully saturated rings. The molecule has 1 aliphatic heterocycles. The van der Waals surface area contributed by atoms with Crippen molar-refractivity contribution in [1.29, 1.82) is 0 Å². The smallest absolute Gasteiger partial charge is 0.161 e. The highest BCUT2D eigenvalue weighted by molar-refractivity contribution is 5.43. The number of rotatable bonds is 5. The molecule has 21 heavy (non-hydrogen) atoms. The molecule has 1 aromatic carbocycles. The molecule has 0 amide bonds. The molecule has 3 heteroatoms. The second kappa shape index (κ2) is 7.17. The number of hydrogen-bond acceptors (Lipinski definition) is 3. The third-order valence-electron chi connectivity index (χ3n) is 4.68. The molecular formula is C18H27NO2. The van der Waals surface area contributed by atoms with Crippen LogP contribution in [0.4, 0.5) is 0 Å². The van der Waals surface area contributed by atoms with Crippen molar-refractivity contribution in [2.45, 2.75) is 57.6 Å². The largest absolute Gasteiger partial charge is 0.493 e. The van der Waals surface area contributed by atoms with Crippen molar-refractivity contribution in [3.8, 4) is 11.5 Å². The van der Waals surface area contributed by atoms with Crippen LogP contribution in [0.15, 0.2) is 18.2 Å². The van der Waals surface area contributed by atoms with E-state index in [1.165, 1.54) is 63.6 Å². The monoisotopic (exact) mass is 289 g/mol. The van der Waals surface area contributed by atoms with Gasteiger partial charge in [0, 0.05) is 6.54 Å². The van der Waals surface area contributed by atoms with Crippen LogP contribution < -0.4 is 9.47 Å². The number of methoxy groups -OCH3 is 1. The summed E-state index contributed by atoms with van der Waals surface area (Å²) in [5.74, 6) is 1.79. The Morgan fingerprint density at radius 3 is 2.48 bits per heavy atom. The molecule has 1 aliphatic carbocycles. The fourth-order valence-electron chi connectivity index (χ4n) is 3.47. The minimum atomic E-state index is 0.379. The van der Waals surface area contributed by atoms with Gasteiger partial charge in [0.1, 0.15) is 0 Å². The molecule has 0 N–H and O–H groups in total. The van der Waals surface area contributed by atoms with Crippen LogP contribution in [0.1, 0.15) is 50.5 Å². The molecule has 0 aromatic heterocycles. The van der Waals surface area contributed by atoms with Crippen molar-refractivity contribution in [2.24, 2.45) is 0 Å². The first-order valence-electron chi connectivity index (χ1n) is 8.41. The molecule has 0 unspecified atom stereocenters. The van der Waals surface area contributed by atoms with Crippen molar-refractivity contribution >= 4 is 0 Å². The van der Waals surface area contributed by atoms with Crippen molar-refractivity contribution < 1.29 is 9.47 Å². The number of likely N-dealkylation sites (tertiary alicyclic amines) is 1. The molecule has 1 heterocycles. The number of benzene rings is 1. The van der Waals surface area contributed by atoms with E-state index in [-0.39, 0.29) is 0 Å². The number of hydrogen-bond donors (Lipinski definition) is 0. The van der Waals surface area contributed by atoms with Crippen LogP contribution in [-0.4, -0.2) is 31.2 Å². The molecule has 0 bridgehead atoms. The van der Waals surface area contributed by atoms with E-state index >= 15 is 0 Å². The Morgan fingerprint density at radius 1 is 1.00 bits per heavy atom. The van der Waals surface area contributed by atoms with Gasteiger partial charge in [-0.15, -0.1) is 0 Å². The molecule has 3 rings (SSSR count). The Balaban J connectivity index is 1.69. The van der Waals surface area contributed by atoms with E-state index in [2.05, 4.69) is 23.1 Å². The zero-order chi connectivity index (χ0) is 14.5. The molecule has 1 aromatic rings. The van der Waals surface area contributed by atoms with Gasteiger partial charge in [0.15, 0.2) is 11.5 Å². The second-order valence-corrected chi connectivity index (χ2v) is 6.35. The highest BCUT2D eigenvalue weighted by Gasteiger charge is 2.19. The van der Waals surface area contributed by atoms with E-state index in [0.29, 0.717) is 6.10 Å². The lowest BCUT2D eigenvalue weighted by atomic mass is 10.1. The molecule has 2 aliphatic rings. The minimum Gasteiger partial charge on any atom is -0.493 e. The van der Waals surface area contributed by atoms with E-state index in [0.717, 1.165) is 18.0 Å². The fourth-order valence-corrected chi connectivity index (χ4v) is 3.47. The maximum Gasteiger partial charge on any atom is 0.161 e. The summed E-state index contributed by atoms with van der Waals surface area (Å²) >= 11 is 0. The van der Waals surface area contributed by atoms with Gasteiger partial charge in [-0.2, -0.15) is 0 Å². The lowest BCUT2D eigenvalue weighted by Crippen LogP contribution is -2.29. The van der Waals surface area contributed by atoms with E-state index < -0.39 is 0 Å². The molecule has 0 radical (unpaired) electrons. The Bertz CT molecular complexity index is 449. The SMILES string of the molecule is COc1ccc(CN2CCCCC2)cc1OC1CCCC1. The average molecular weight is 289 g/mol. The summed E-state index contributed by atoms with van der Waals surface area (Å²) in [6, 6.07) is 6.42. The second-order valence-electron chi connectivity index (χ2n) is 6.35.